The number of aliphatic hydroxyl groups is 1. The summed E-state index contributed by atoms with van der Waals surface area (Å²) in [7, 11) is 0. The van der Waals surface area contributed by atoms with E-state index in [1.54, 1.807) is 6.08 Å². The van der Waals surface area contributed by atoms with Gasteiger partial charge in [-0.1, -0.05) is 55.4 Å². The number of nitrogens with zero attached hydrogens (tertiary/aromatic N) is 3. The number of hydrogen-bond donors (Lipinski definition) is 1. The quantitative estimate of drug-likeness (QED) is 0.330. The van der Waals surface area contributed by atoms with Crippen molar-refractivity contribution >= 4 is 5.88 Å². The van der Waals surface area contributed by atoms with Crippen LogP contribution in [0.15, 0.2) is 47.5 Å². The minimum atomic E-state index is -0.566. The lowest BCUT2D eigenvalue weighted by atomic mass is 10.1. The second kappa shape index (κ2) is 13.3. The van der Waals surface area contributed by atoms with E-state index in [4.69, 9.17) is 9.26 Å². The second-order valence-corrected chi connectivity index (χ2v) is 8.25. The van der Waals surface area contributed by atoms with Gasteiger partial charge < -0.3 is 19.3 Å². The third-order valence-corrected chi connectivity index (χ3v) is 5.28. The number of aromatic nitrogens is 1. The van der Waals surface area contributed by atoms with Crippen LogP contribution in [0, 0.1) is 5.92 Å². The molecule has 1 heterocycles. The first-order valence-electron chi connectivity index (χ1n) is 11.4. The molecular weight excluding hydrogens is 390 g/mol. The molecule has 0 aliphatic rings. The summed E-state index contributed by atoms with van der Waals surface area (Å²) in [5.41, 5.74) is 2.98. The van der Waals surface area contributed by atoms with Gasteiger partial charge in [0, 0.05) is 31.7 Å². The van der Waals surface area contributed by atoms with Gasteiger partial charge in [0.05, 0.1) is 24.9 Å². The lowest BCUT2D eigenvalue weighted by Crippen LogP contribution is -2.36. The van der Waals surface area contributed by atoms with Gasteiger partial charge in [0.15, 0.2) is 0 Å². The maximum absolute atomic E-state index is 10.5. The maximum atomic E-state index is 10.5. The molecule has 0 unspecified atom stereocenters. The number of aliphatic hydroxyl groups excluding tert-OH is 1. The van der Waals surface area contributed by atoms with E-state index in [2.05, 4.69) is 61.4 Å². The summed E-state index contributed by atoms with van der Waals surface area (Å²) < 4.78 is 11.3. The Hall–Kier alpha value is -2.15. The Morgan fingerprint density at radius 1 is 1.19 bits per heavy atom. The van der Waals surface area contributed by atoms with Gasteiger partial charge in [-0.25, -0.2) is 0 Å². The molecule has 0 aliphatic carbocycles. The van der Waals surface area contributed by atoms with Crippen molar-refractivity contribution in [2.24, 2.45) is 5.92 Å². The van der Waals surface area contributed by atoms with Crippen LogP contribution in [0.4, 0.5) is 5.88 Å². The zero-order valence-corrected chi connectivity index (χ0v) is 19.6. The van der Waals surface area contributed by atoms with Crippen LogP contribution in [-0.4, -0.2) is 60.7 Å². The van der Waals surface area contributed by atoms with Gasteiger partial charge in [-0.05, 0) is 32.7 Å². The largest absolute Gasteiger partial charge is 0.389 e. The summed E-state index contributed by atoms with van der Waals surface area (Å²) in [6, 6.07) is 10.2. The number of ether oxygens (including phenoxy) is 1. The Kier molecular flexibility index (Phi) is 10.8. The van der Waals surface area contributed by atoms with E-state index >= 15 is 0 Å². The highest BCUT2D eigenvalue weighted by molar-refractivity contribution is 5.68. The minimum absolute atomic E-state index is 0.294. The van der Waals surface area contributed by atoms with E-state index in [9.17, 15) is 5.11 Å². The Bertz CT molecular complexity index is 757. The highest BCUT2D eigenvalue weighted by Crippen LogP contribution is 2.32. The van der Waals surface area contributed by atoms with Crippen LogP contribution in [0.2, 0.25) is 0 Å². The molecule has 0 aliphatic heterocycles. The van der Waals surface area contributed by atoms with E-state index in [-0.39, 0.29) is 0 Å². The molecule has 6 nitrogen and oxygen atoms in total. The third-order valence-electron chi connectivity index (χ3n) is 5.28. The average Bonchev–Trinajstić information content (AvgIpc) is 3.17. The Morgan fingerprint density at radius 2 is 1.90 bits per heavy atom. The summed E-state index contributed by atoms with van der Waals surface area (Å²) >= 11 is 0. The number of benzene rings is 1. The fraction of sp³-hybridized carbons (Fsp3) is 0.560. The van der Waals surface area contributed by atoms with E-state index in [0.717, 1.165) is 48.8 Å². The van der Waals surface area contributed by atoms with Crippen molar-refractivity contribution in [3.63, 3.8) is 0 Å². The second-order valence-electron chi connectivity index (χ2n) is 8.25. The molecule has 0 fully saturated rings. The molecule has 1 atom stereocenters. The Balaban J connectivity index is 2.31. The van der Waals surface area contributed by atoms with Crippen LogP contribution < -0.4 is 4.90 Å². The molecule has 0 saturated carbocycles. The van der Waals surface area contributed by atoms with Crippen molar-refractivity contribution in [3.8, 4) is 11.3 Å². The van der Waals surface area contributed by atoms with Crippen molar-refractivity contribution in [1.29, 1.82) is 0 Å². The lowest BCUT2D eigenvalue weighted by Gasteiger charge is -2.27. The molecule has 172 valence electrons. The highest BCUT2D eigenvalue weighted by atomic mass is 16.5. The molecule has 31 heavy (non-hydrogen) atoms. The first-order chi connectivity index (χ1) is 15.0. The van der Waals surface area contributed by atoms with Crippen molar-refractivity contribution < 1.29 is 14.4 Å². The topological polar surface area (TPSA) is 62.0 Å². The lowest BCUT2D eigenvalue weighted by molar-refractivity contribution is 0.0237. The molecule has 0 radical (unpaired) electrons. The maximum Gasteiger partial charge on any atom is 0.232 e. The molecule has 6 heteroatoms. The van der Waals surface area contributed by atoms with E-state index in [1.165, 1.54) is 0 Å². The smallest absolute Gasteiger partial charge is 0.232 e. The first kappa shape index (κ1) is 25.1. The third kappa shape index (κ3) is 7.80. The molecular formula is C25H39N3O3. The van der Waals surface area contributed by atoms with Crippen LogP contribution in [-0.2, 0) is 11.3 Å². The summed E-state index contributed by atoms with van der Waals surface area (Å²) in [4.78, 5) is 4.48. The van der Waals surface area contributed by atoms with Gasteiger partial charge in [0.25, 0.3) is 0 Å². The van der Waals surface area contributed by atoms with Gasteiger partial charge in [-0.15, -0.1) is 6.58 Å². The Labute approximate surface area is 187 Å². The molecule has 0 saturated heterocycles. The van der Waals surface area contributed by atoms with Gasteiger partial charge in [-0.3, -0.25) is 4.90 Å². The molecule has 0 bridgehead atoms. The van der Waals surface area contributed by atoms with Crippen molar-refractivity contribution in [1.82, 2.24) is 10.1 Å². The molecule has 1 aromatic heterocycles. The first-order valence-corrected chi connectivity index (χ1v) is 11.4. The van der Waals surface area contributed by atoms with Gasteiger partial charge in [0.2, 0.25) is 5.88 Å². The Morgan fingerprint density at radius 3 is 2.52 bits per heavy atom. The van der Waals surface area contributed by atoms with E-state index in [1.807, 2.05) is 18.2 Å². The van der Waals surface area contributed by atoms with Gasteiger partial charge >= 0.3 is 0 Å². The molecule has 0 amide bonds. The standard InChI is InChI=1S/C25H39N3O3/c1-6-16-30-19-22(29)17-27(15-14-20(4)5)18-23-24(21-12-10-9-11-13-21)26-31-25(23)28(7-2)8-3/h6,9-13,20,22,29H,1,7-8,14-19H2,2-5H3/t22-/m1/s1. The summed E-state index contributed by atoms with van der Waals surface area (Å²) in [5, 5.41) is 15.0. The normalized spacial score (nSPS) is 12.5. The highest BCUT2D eigenvalue weighted by Gasteiger charge is 2.24. The van der Waals surface area contributed by atoms with Crippen molar-refractivity contribution in [2.75, 3.05) is 44.3 Å². The number of anilines is 1. The summed E-state index contributed by atoms with van der Waals surface area (Å²) in [6.45, 7) is 16.8. The summed E-state index contributed by atoms with van der Waals surface area (Å²) in [6.07, 6.45) is 2.18. The summed E-state index contributed by atoms with van der Waals surface area (Å²) in [5.74, 6) is 1.39. The van der Waals surface area contributed by atoms with E-state index in [0.29, 0.717) is 32.2 Å². The molecule has 2 rings (SSSR count). The van der Waals surface area contributed by atoms with Gasteiger partial charge in [-0.2, -0.15) is 0 Å². The van der Waals surface area contributed by atoms with Crippen LogP contribution in [0.1, 0.15) is 39.7 Å². The molecule has 0 spiro atoms. The van der Waals surface area contributed by atoms with Crippen molar-refractivity contribution in [3.05, 3.63) is 48.6 Å². The predicted octanol–water partition coefficient (Wildman–Crippen LogP) is 4.60. The molecule has 2 aromatic rings. The predicted molar refractivity (Wildman–Crippen MR) is 127 cm³/mol. The fourth-order valence-corrected chi connectivity index (χ4v) is 3.56. The molecule has 1 aromatic carbocycles. The monoisotopic (exact) mass is 429 g/mol. The van der Waals surface area contributed by atoms with E-state index < -0.39 is 6.10 Å². The zero-order valence-electron chi connectivity index (χ0n) is 19.6. The van der Waals surface area contributed by atoms with Crippen molar-refractivity contribution in [2.45, 2.75) is 46.8 Å². The van der Waals surface area contributed by atoms with Crippen LogP contribution in [0.25, 0.3) is 11.3 Å². The SMILES string of the molecule is C=CCOC[C@H](O)CN(CCC(C)C)Cc1c(-c2ccccc2)noc1N(CC)CC. The average molecular weight is 430 g/mol. The molecule has 1 N–H and O–H groups in total. The van der Waals surface area contributed by atoms with Gasteiger partial charge in [0.1, 0.15) is 5.69 Å². The van der Waals surface area contributed by atoms with Crippen LogP contribution >= 0.6 is 0 Å². The zero-order chi connectivity index (χ0) is 22.6. The van der Waals surface area contributed by atoms with Crippen LogP contribution in [0.3, 0.4) is 0 Å². The number of rotatable bonds is 15. The fourth-order valence-electron chi connectivity index (χ4n) is 3.56. The number of hydrogen-bond acceptors (Lipinski definition) is 6. The van der Waals surface area contributed by atoms with Crippen LogP contribution in [0.5, 0.6) is 0 Å². The minimum Gasteiger partial charge on any atom is -0.389 e.